The fourth-order valence-electron chi connectivity index (χ4n) is 3.31. The van der Waals surface area contributed by atoms with Crippen molar-refractivity contribution in [2.45, 2.75) is 25.7 Å². The average molecular weight is 365 g/mol. The normalized spacial score (nSPS) is 19.0. The first kappa shape index (κ1) is 18.6. The van der Waals surface area contributed by atoms with Crippen LogP contribution in [0.15, 0.2) is 48.5 Å². The highest BCUT2D eigenvalue weighted by molar-refractivity contribution is 5.94. The van der Waals surface area contributed by atoms with Crippen LogP contribution < -0.4 is 10.6 Å². The number of amides is 2. The van der Waals surface area contributed by atoms with E-state index in [9.17, 15) is 14.0 Å². The van der Waals surface area contributed by atoms with E-state index in [4.69, 9.17) is 5.26 Å². The summed E-state index contributed by atoms with van der Waals surface area (Å²) < 4.78 is 12.9. The van der Waals surface area contributed by atoms with Crippen molar-refractivity contribution in [1.29, 1.82) is 5.26 Å². The summed E-state index contributed by atoms with van der Waals surface area (Å²) in [4.78, 5) is 24.8. The van der Waals surface area contributed by atoms with Gasteiger partial charge >= 0.3 is 0 Å². The van der Waals surface area contributed by atoms with E-state index < -0.39 is 0 Å². The monoisotopic (exact) mass is 365 g/mol. The van der Waals surface area contributed by atoms with Crippen molar-refractivity contribution in [3.63, 3.8) is 0 Å². The van der Waals surface area contributed by atoms with Gasteiger partial charge < -0.3 is 10.6 Å². The third-order valence-corrected chi connectivity index (χ3v) is 4.84. The summed E-state index contributed by atoms with van der Waals surface area (Å²) in [6.45, 7) is 0. The Morgan fingerprint density at radius 2 is 1.44 bits per heavy atom. The lowest BCUT2D eigenvalue weighted by Crippen LogP contribution is -2.32. The Morgan fingerprint density at radius 3 is 2.00 bits per heavy atom. The number of rotatable bonds is 4. The van der Waals surface area contributed by atoms with E-state index >= 15 is 0 Å². The molecule has 1 aliphatic carbocycles. The van der Waals surface area contributed by atoms with E-state index in [-0.39, 0.29) is 29.5 Å². The molecule has 2 aromatic carbocycles. The predicted octanol–water partition coefficient (Wildman–Crippen LogP) is 4.08. The standard InChI is InChI=1S/C21H20FN3O2/c22-17-8-10-18(11-9-17)24-20(26)15-4-6-16(7-5-15)21(27)25-19-3-1-2-14(12-19)13-23/h1-3,8-12,15-16H,4-7H2,(H,24,26)(H,25,27). The molecule has 27 heavy (non-hydrogen) atoms. The van der Waals surface area contributed by atoms with Crippen molar-refractivity contribution in [3.8, 4) is 6.07 Å². The van der Waals surface area contributed by atoms with Crippen molar-refractivity contribution in [1.82, 2.24) is 0 Å². The predicted molar refractivity (Wildman–Crippen MR) is 100 cm³/mol. The van der Waals surface area contributed by atoms with Crippen molar-refractivity contribution >= 4 is 23.2 Å². The lowest BCUT2D eigenvalue weighted by atomic mass is 9.81. The molecule has 0 heterocycles. The number of benzene rings is 2. The Morgan fingerprint density at radius 1 is 0.889 bits per heavy atom. The second kappa shape index (κ2) is 8.45. The van der Waals surface area contributed by atoms with Crippen molar-refractivity contribution < 1.29 is 14.0 Å². The summed E-state index contributed by atoms with van der Waals surface area (Å²) in [5.74, 6) is -0.823. The molecule has 0 unspecified atom stereocenters. The van der Waals surface area contributed by atoms with Gasteiger partial charge in [0.05, 0.1) is 11.6 Å². The molecule has 2 amide bonds. The van der Waals surface area contributed by atoms with Gasteiger partial charge in [0, 0.05) is 23.2 Å². The quantitative estimate of drug-likeness (QED) is 0.856. The summed E-state index contributed by atoms with van der Waals surface area (Å²) >= 11 is 0. The maximum Gasteiger partial charge on any atom is 0.227 e. The molecule has 0 bridgehead atoms. The lowest BCUT2D eigenvalue weighted by Gasteiger charge is -2.27. The minimum absolute atomic E-state index is 0.0810. The lowest BCUT2D eigenvalue weighted by molar-refractivity contribution is -0.125. The number of carbonyl (C=O) groups excluding carboxylic acids is 2. The van der Waals surface area contributed by atoms with Crippen LogP contribution in [0.25, 0.3) is 0 Å². The largest absolute Gasteiger partial charge is 0.326 e. The van der Waals surface area contributed by atoms with E-state index in [0.29, 0.717) is 42.6 Å². The molecule has 0 saturated heterocycles. The molecule has 0 atom stereocenters. The number of hydrogen-bond donors (Lipinski definition) is 2. The Labute approximate surface area is 157 Å². The zero-order valence-electron chi connectivity index (χ0n) is 14.7. The van der Waals surface area contributed by atoms with Gasteiger partial charge in [-0.1, -0.05) is 6.07 Å². The minimum Gasteiger partial charge on any atom is -0.326 e. The Balaban J connectivity index is 1.50. The highest BCUT2D eigenvalue weighted by Gasteiger charge is 2.30. The molecule has 2 N–H and O–H groups in total. The van der Waals surface area contributed by atoms with Gasteiger partial charge in [-0.2, -0.15) is 5.26 Å². The Bertz CT molecular complexity index is 866. The third-order valence-electron chi connectivity index (χ3n) is 4.84. The molecule has 0 spiro atoms. The second-order valence-corrected chi connectivity index (χ2v) is 6.73. The molecule has 3 rings (SSSR count). The first-order chi connectivity index (χ1) is 13.0. The van der Waals surface area contributed by atoms with Crippen LogP contribution in [0.1, 0.15) is 31.2 Å². The number of nitrogens with one attached hydrogen (secondary N) is 2. The molecular weight excluding hydrogens is 345 g/mol. The van der Waals surface area contributed by atoms with Crippen LogP contribution >= 0.6 is 0 Å². The third kappa shape index (κ3) is 4.91. The number of hydrogen-bond acceptors (Lipinski definition) is 3. The highest BCUT2D eigenvalue weighted by atomic mass is 19.1. The molecule has 138 valence electrons. The van der Waals surface area contributed by atoms with Crippen LogP contribution in [-0.4, -0.2) is 11.8 Å². The van der Waals surface area contributed by atoms with Gasteiger partial charge in [0.1, 0.15) is 5.82 Å². The van der Waals surface area contributed by atoms with Gasteiger partial charge in [-0.15, -0.1) is 0 Å². The summed E-state index contributed by atoms with van der Waals surface area (Å²) in [5.41, 5.74) is 1.67. The molecule has 1 fully saturated rings. The van der Waals surface area contributed by atoms with Gasteiger partial charge in [-0.05, 0) is 68.1 Å². The zero-order chi connectivity index (χ0) is 19.2. The number of nitriles is 1. The number of carbonyl (C=O) groups is 2. The van der Waals surface area contributed by atoms with Crippen LogP contribution in [0.5, 0.6) is 0 Å². The van der Waals surface area contributed by atoms with E-state index in [1.807, 2.05) is 6.07 Å². The van der Waals surface area contributed by atoms with E-state index in [1.165, 1.54) is 24.3 Å². The van der Waals surface area contributed by atoms with Crippen LogP contribution in [0.2, 0.25) is 0 Å². The van der Waals surface area contributed by atoms with Crippen molar-refractivity contribution in [2.75, 3.05) is 10.6 Å². The molecule has 0 radical (unpaired) electrons. The fraction of sp³-hybridized carbons (Fsp3) is 0.286. The molecule has 1 saturated carbocycles. The molecular formula is C21H20FN3O2. The topological polar surface area (TPSA) is 82.0 Å². The smallest absolute Gasteiger partial charge is 0.227 e. The second-order valence-electron chi connectivity index (χ2n) is 6.73. The van der Waals surface area contributed by atoms with Gasteiger partial charge in [-0.25, -0.2) is 4.39 Å². The molecule has 6 heteroatoms. The molecule has 0 aromatic heterocycles. The van der Waals surface area contributed by atoms with Crippen molar-refractivity contribution in [3.05, 3.63) is 59.9 Å². The van der Waals surface area contributed by atoms with E-state index in [1.54, 1.807) is 24.3 Å². The molecule has 0 aliphatic heterocycles. The van der Waals surface area contributed by atoms with Crippen molar-refractivity contribution in [2.24, 2.45) is 11.8 Å². The van der Waals surface area contributed by atoms with Crippen LogP contribution in [0, 0.1) is 29.0 Å². The summed E-state index contributed by atoms with van der Waals surface area (Å²) in [6, 6.07) is 14.5. The van der Waals surface area contributed by atoms with Gasteiger partial charge in [0.25, 0.3) is 0 Å². The van der Waals surface area contributed by atoms with Crippen LogP contribution in [-0.2, 0) is 9.59 Å². The highest BCUT2D eigenvalue weighted by Crippen LogP contribution is 2.30. The zero-order valence-corrected chi connectivity index (χ0v) is 14.7. The summed E-state index contributed by atoms with van der Waals surface area (Å²) in [7, 11) is 0. The van der Waals surface area contributed by atoms with Crippen LogP contribution in [0.3, 0.4) is 0 Å². The first-order valence-corrected chi connectivity index (χ1v) is 8.92. The molecule has 2 aromatic rings. The Hall–Kier alpha value is -3.20. The molecule has 1 aliphatic rings. The van der Waals surface area contributed by atoms with Crippen LogP contribution in [0.4, 0.5) is 15.8 Å². The fourth-order valence-corrected chi connectivity index (χ4v) is 3.31. The summed E-state index contributed by atoms with van der Waals surface area (Å²) in [6.07, 6.45) is 2.52. The van der Waals surface area contributed by atoms with Gasteiger partial charge in [0.15, 0.2) is 0 Å². The summed E-state index contributed by atoms with van der Waals surface area (Å²) in [5, 5.41) is 14.6. The van der Waals surface area contributed by atoms with Gasteiger partial charge in [0.2, 0.25) is 11.8 Å². The SMILES string of the molecule is N#Cc1cccc(NC(=O)C2CCC(C(=O)Nc3ccc(F)cc3)CC2)c1. The number of nitrogens with zero attached hydrogens (tertiary/aromatic N) is 1. The maximum absolute atomic E-state index is 12.9. The minimum atomic E-state index is -0.347. The number of halogens is 1. The average Bonchev–Trinajstić information content (AvgIpc) is 2.70. The number of anilines is 2. The van der Waals surface area contributed by atoms with Gasteiger partial charge in [-0.3, -0.25) is 9.59 Å². The first-order valence-electron chi connectivity index (χ1n) is 8.92. The van der Waals surface area contributed by atoms with E-state index in [0.717, 1.165) is 0 Å². The molecule has 5 nitrogen and oxygen atoms in total. The Kier molecular flexibility index (Phi) is 5.82. The maximum atomic E-state index is 12.9. The van der Waals surface area contributed by atoms with E-state index in [2.05, 4.69) is 10.6 Å².